The van der Waals surface area contributed by atoms with Gasteiger partial charge in [-0.25, -0.2) is 4.79 Å². The molecule has 0 unspecified atom stereocenters. The quantitative estimate of drug-likeness (QED) is 0.915. The molecule has 2 aromatic rings. The summed E-state index contributed by atoms with van der Waals surface area (Å²) in [7, 11) is 0. The van der Waals surface area contributed by atoms with E-state index in [9.17, 15) is 9.59 Å². The maximum absolute atomic E-state index is 12.4. The Morgan fingerprint density at radius 2 is 1.81 bits per heavy atom. The summed E-state index contributed by atoms with van der Waals surface area (Å²) in [5.41, 5.74) is 0. The second kappa shape index (κ2) is 5.87. The number of hydrogen-bond donors (Lipinski definition) is 1. The highest BCUT2D eigenvalue weighted by Crippen LogP contribution is 2.17. The molecule has 0 atom stereocenters. The van der Waals surface area contributed by atoms with Crippen LogP contribution in [0, 0.1) is 6.92 Å². The molecule has 6 nitrogen and oxygen atoms in total. The molecule has 0 saturated carbocycles. The van der Waals surface area contributed by atoms with Crippen LogP contribution in [0.2, 0.25) is 0 Å². The fraction of sp³-hybridized carbons (Fsp3) is 0.333. The van der Waals surface area contributed by atoms with E-state index in [4.69, 9.17) is 13.9 Å². The largest absolute Gasteiger partial charge is 0.475 e. The Balaban J connectivity index is 2.20. The van der Waals surface area contributed by atoms with Crippen molar-refractivity contribution in [2.24, 2.45) is 0 Å². The topological polar surface area (TPSA) is 83.9 Å². The van der Waals surface area contributed by atoms with Gasteiger partial charge in [-0.2, -0.15) is 0 Å². The number of amides is 1. The first-order valence-electron chi connectivity index (χ1n) is 6.58. The molecule has 0 spiro atoms. The van der Waals surface area contributed by atoms with Crippen LogP contribution in [-0.2, 0) is 6.54 Å². The summed E-state index contributed by atoms with van der Waals surface area (Å²) in [5, 5.41) is 8.83. The van der Waals surface area contributed by atoms with Gasteiger partial charge in [-0.1, -0.05) is 0 Å². The molecule has 112 valence electrons. The molecule has 0 radical (unpaired) electrons. The average molecular weight is 291 g/mol. The van der Waals surface area contributed by atoms with Gasteiger partial charge in [0.2, 0.25) is 5.76 Å². The van der Waals surface area contributed by atoms with E-state index in [1.54, 1.807) is 4.90 Å². The molecule has 1 amide bonds. The molecule has 21 heavy (non-hydrogen) atoms. The Kier molecular flexibility index (Phi) is 4.16. The van der Waals surface area contributed by atoms with Crippen molar-refractivity contribution in [3.63, 3.8) is 0 Å². The number of aryl methyl sites for hydroxylation is 1. The third-order valence-electron chi connectivity index (χ3n) is 3.03. The smallest absolute Gasteiger partial charge is 0.371 e. The van der Waals surface area contributed by atoms with Crippen LogP contribution in [-0.4, -0.2) is 27.9 Å². The molecule has 0 bridgehead atoms. The zero-order valence-electron chi connectivity index (χ0n) is 12.1. The third kappa shape index (κ3) is 3.34. The highest BCUT2D eigenvalue weighted by atomic mass is 16.4. The van der Waals surface area contributed by atoms with Crippen LogP contribution in [0.5, 0.6) is 0 Å². The molecule has 6 heteroatoms. The number of carbonyl (C=O) groups excluding carboxylic acids is 1. The first-order chi connectivity index (χ1) is 9.88. The number of carboxylic acid groups (broad SMARTS) is 1. The van der Waals surface area contributed by atoms with Crippen LogP contribution in [0.3, 0.4) is 0 Å². The number of carbonyl (C=O) groups is 2. The Morgan fingerprint density at radius 3 is 2.29 bits per heavy atom. The predicted molar refractivity (Wildman–Crippen MR) is 74.1 cm³/mol. The van der Waals surface area contributed by atoms with Crippen LogP contribution in [0.4, 0.5) is 0 Å². The lowest BCUT2D eigenvalue weighted by Gasteiger charge is -2.24. The van der Waals surface area contributed by atoms with E-state index in [0.29, 0.717) is 12.3 Å². The first-order valence-corrected chi connectivity index (χ1v) is 6.58. The van der Waals surface area contributed by atoms with Gasteiger partial charge in [0.05, 0.1) is 6.54 Å². The molecule has 1 N–H and O–H groups in total. The average Bonchev–Trinajstić information content (AvgIpc) is 3.03. The zero-order valence-corrected chi connectivity index (χ0v) is 12.1. The standard InChI is InChI=1S/C15H17NO5/c1-9(2)16(8-11-5-4-10(3)20-11)14(17)12-6-7-13(21-12)15(18)19/h4-7,9H,8H2,1-3H3,(H,18,19). The van der Waals surface area contributed by atoms with Crippen molar-refractivity contribution in [2.75, 3.05) is 0 Å². The van der Waals surface area contributed by atoms with E-state index in [1.165, 1.54) is 12.1 Å². The van der Waals surface area contributed by atoms with Crippen molar-refractivity contribution in [2.45, 2.75) is 33.4 Å². The highest BCUT2D eigenvalue weighted by Gasteiger charge is 2.24. The molecule has 2 heterocycles. The van der Waals surface area contributed by atoms with E-state index in [1.807, 2.05) is 32.9 Å². The van der Waals surface area contributed by atoms with Gasteiger partial charge in [0.15, 0.2) is 5.76 Å². The van der Waals surface area contributed by atoms with Gasteiger partial charge in [-0.3, -0.25) is 4.79 Å². The summed E-state index contributed by atoms with van der Waals surface area (Å²) in [6.07, 6.45) is 0. The number of carboxylic acids is 1. The van der Waals surface area contributed by atoms with Crippen LogP contribution in [0.1, 0.15) is 46.5 Å². The molecular formula is C15H17NO5. The van der Waals surface area contributed by atoms with Crippen molar-refractivity contribution < 1.29 is 23.5 Å². The molecule has 0 aliphatic carbocycles. The van der Waals surface area contributed by atoms with Gasteiger partial charge in [0, 0.05) is 6.04 Å². The minimum absolute atomic E-state index is 0.00405. The monoisotopic (exact) mass is 291 g/mol. The van der Waals surface area contributed by atoms with Gasteiger partial charge in [-0.15, -0.1) is 0 Å². The minimum atomic E-state index is -1.20. The molecule has 2 rings (SSSR count). The van der Waals surface area contributed by atoms with E-state index < -0.39 is 5.97 Å². The van der Waals surface area contributed by atoms with Gasteiger partial charge in [0.1, 0.15) is 11.5 Å². The van der Waals surface area contributed by atoms with E-state index in [-0.39, 0.29) is 23.5 Å². The van der Waals surface area contributed by atoms with E-state index >= 15 is 0 Å². The number of hydrogen-bond acceptors (Lipinski definition) is 4. The fourth-order valence-electron chi connectivity index (χ4n) is 1.94. The fourth-order valence-corrected chi connectivity index (χ4v) is 1.94. The van der Waals surface area contributed by atoms with Crippen molar-refractivity contribution >= 4 is 11.9 Å². The Hall–Kier alpha value is -2.50. The molecule has 0 saturated heterocycles. The summed E-state index contributed by atoms with van der Waals surface area (Å²) in [6.45, 7) is 5.87. The Labute approximate surface area is 122 Å². The molecule has 0 aliphatic heterocycles. The third-order valence-corrected chi connectivity index (χ3v) is 3.03. The summed E-state index contributed by atoms with van der Waals surface area (Å²) >= 11 is 0. The molecular weight excluding hydrogens is 274 g/mol. The molecule has 2 aromatic heterocycles. The normalized spacial score (nSPS) is 10.9. The number of nitrogens with zero attached hydrogens (tertiary/aromatic N) is 1. The number of aromatic carboxylic acids is 1. The summed E-state index contributed by atoms with van der Waals surface area (Å²) < 4.78 is 10.5. The number of rotatable bonds is 5. The predicted octanol–water partition coefficient (Wildman–Crippen LogP) is 2.93. The van der Waals surface area contributed by atoms with Crippen molar-refractivity contribution in [3.8, 4) is 0 Å². The minimum Gasteiger partial charge on any atom is -0.475 e. The van der Waals surface area contributed by atoms with Crippen LogP contribution in [0.25, 0.3) is 0 Å². The lowest BCUT2D eigenvalue weighted by molar-refractivity contribution is 0.0619. The van der Waals surface area contributed by atoms with E-state index in [2.05, 4.69) is 0 Å². The maximum Gasteiger partial charge on any atom is 0.371 e. The Bertz CT molecular complexity index is 653. The van der Waals surface area contributed by atoms with Gasteiger partial charge >= 0.3 is 5.97 Å². The SMILES string of the molecule is Cc1ccc(CN(C(=O)c2ccc(C(=O)O)o2)C(C)C)o1. The van der Waals surface area contributed by atoms with Gasteiger partial charge < -0.3 is 18.8 Å². The number of furan rings is 2. The molecule has 0 fully saturated rings. The lowest BCUT2D eigenvalue weighted by Crippen LogP contribution is -2.36. The van der Waals surface area contributed by atoms with E-state index in [0.717, 1.165) is 5.76 Å². The second-order valence-corrected chi connectivity index (χ2v) is 5.01. The van der Waals surface area contributed by atoms with Gasteiger partial charge in [-0.05, 0) is 45.0 Å². The Morgan fingerprint density at radius 1 is 1.14 bits per heavy atom. The van der Waals surface area contributed by atoms with Crippen molar-refractivity contribution in [1.82, 2.24) is 4.90 Å². The maximum atomic E-state index is 12.4. The first kappa shape index (κ1) is 14.9. The summed E-state index contributed by atoms with van der Waals surface area (Å²) in [4.78, 5) is 24.8. The summed E-state index contributed by atoms with van der Waals surface area (Å²) in [6, 6.07) is 6.19. The second-order valence-electron chi connectivity index (χ2n) is 5.01. The van der Waals surface area contributed by atoms with Crippen LogP contribution in [0.15, 0.2) is 33.1 Å². The zero-order chi connectivity index (χ0) is 15.6. The van der Waals surface area contributed by atoms with Gasteiger partial charge in [0.25, 0.3) is 5.91 Å². The lowest BCUT2D eigenvalue weighted by atomic mass is 10.2. The van der Waals surface area contributed by atoms with Crippen molar-refractivity contribution in [1.29, 1.82) is 0 Å². The molecule has 0 aromatic carbocycles. The highest BCUT2D eigenvalue weighted by molar-refractivity contribution is 5.93. The van der Waals surface area contributed by atoms with Crippen LogP contribution < -0.4 is 0 Å². The molecule has 0 aliphatic rings. The van der Waals surface area contributed by atoms with Crippen LogP contribution >= 0.6 is 0 Å². The summed E-state index contributed by atoms with van der Waals surface area (Å²) in [5.74, 6) is -0.384. The van der Waals surface area contributed by atoms with Crippen molar-refractivity contribution in [3.05, 3.63) is 47.3 Å².